The normalized spacial score (nSPS) is 11.5. The highest BCUT2D eigenvalue weighted by molar-refractivity contribution is 5.90. The van der Waals surface area contributed by atoms with Gasteiger partial charge in [-0.1, -0.05) is 42.5 Å². The van der Waals surface area contributed by atoms with Crippen LogP contribution in [0.1, 0.15) is 19.4 Å². The standard InChI is InChI=1S/C16H19NO2/c1-16(2,19)11-17-15(18)10-13-8-5-7-12-6-3-4-9-14(12)13/h3-9,19H,10-11H2,1-2H3,(H,17,18). The van der Waals surface area contributed by atoms with Crippen LogP contribution in [0.2, 0.25) is 0 Å². The minimum atomic E-state index is -0.881. The van der Waals surface area contributed by atoms with Crippen molar-refractivity contribution < 1.29 is 9.90 Å². The van der Waals surface area contributed by atoms with Gasteiger partial charge in [-0.05, 0) is 30.2 Å². The molecule has 0 spiro atoms. The molecule has 2 aromatic carbocycles. The van der Waals surface area contributed by atoms with Gasteiger partial charge in [-0.25, -0.2) is 0 Å². The van der Waals surface area contributed by atoms with Crippen molar-refractivity contribution in [2.75, 3.05) is 6.54 Å². The summed E-state index contributed by atoms with van der Waals surface area (Å²) in [6.45, 7) is 3.60. The van der Waals surface area contributed by atoms with Gasteiger partial charge < -0.3 is 10.4 Å². The zero-order chi connectivity index (χ0) is 13.9. The van der Waals surface area contributed by atoms with Gasteiger partial charge in [0, 0.05) is 6.54 Å². The minimum Gasteiger partial charge on any atom is -0.389 e. The summed E-state index contributed by atoms with van der Waals surface area (Å²) in [5.74, 6) is -0.0709. The van der Waals surface area contributed by atoms with Gasteiger partial charge in [0.25, 0.3) is 0 Å². The third-order valence-electron chi connectivity index (χ3n) is 2.95. The smallest absolute Gasteiger partial charge is 0.224 e. The van der Waals surface area contributed by atoms with E-state index in [4.69, 9.17) is 0 Å². The molecule has 0 aromatic heterocycles. The van der Waals surface area contributed by atoms with Crippen LogP contribution < -0.4 is 5.32 Å². The Hall–Kier alpha value is -1.87. The third kappa shape index (κ3) is 3.80. The van der Waals surface area contributed by atoms with Crippen LogP contribution in [0, 0.1) is 0 Å². The first-order valence-corrected chi connectivity index (χ1v) is 6.41. The van der Waals surface area contributed by atoms with Gasteiger partial charge in [-0.2, -0.15) is 0 Å². The van der Waals surface area contributed by atoms with Crippen molar-refractivity contribution in [1.29, 1.82) is 0 Å². The lowest BCUT2D eigenvalue weighted by molar-refractivity contribution is -0.121. The quantitative estimate of drug-likeness (QED) is 0.882. The molecule has 100 valence electrons. The van der Waals surface area contributed by atoms with Gasteiger partial charge >= 0.3 is 0 Å². The number of aliphatic hydroxyl groups is 1. The van der Waals surface area contributed by atoms with Crippen molar-refractivity contribution >= 4 is 16.7 Å². The van der Waals surface area contributed by atoms with Gasteiger partial charge in [0.05, 0.1) is 12.0 Å². The number of hydrogen-bond donors (Lipinski definition) is 2. The number of fused-ring (bicyclic) bond motifs is 1. The summed E-state index contributed by atoms with van der Waals surface area (Å²) >= 11 is 0. The molecule has 0 radical (unpaired) electrons. The molecule has 0 bridgehead atoms. The molecule has 3 nitrogen and oxygen atoms in total. The highest BCUT2D eigenvalue weighted by atomic mass is 16.3. The maximum absolute atomic E-state index is 11.9. The Balaban J connectivity index is 2.11. The maximum Gasteiger partial charge on any atom is 0.224 e. The molecule has 1 amide bonds. The second kappa shape index (κ2) is 5.41. The number of benzene rings is 2. The van der Waals surface area contributed by atoms with Gasteiger partial charge in [-0.3, -0.25) is 4.79 Å². The van der Waals surface area contributed by atoms with Crippen molar-refractivity contribution in [2.45, 2.75) is 25.9 Å². The molecule has 0 unspecified atom stereocenters. The van der Waals surface area contributed by atoms with E-state index in [-0.39, 0.29) is 12.5 Å². The fourth-order valence-corrected chi connectivity index (χ4v) is 2.00. The monoisotopic (exact) mass is 257 g/mol. The molecule has 2 N–H and O–H groups in total. The average Bonchev–Trinajstić information content (AvgIpc) is 2.36. The van der Waals surface area contributed by atoms with Crippen molar-refractivity contribution in [2.24, 2.45) is 0 Å². The van der Waals surface area contributed by atoms with E-state index in [1.807, 2.05) is 42.5 Å². The Kier molecular flexibility index (Phi) is 3.86. The van der Waals surface area contributed by atoms with E-state index in [1.165, 1.54) is 0 Å². The van der Waals surface area contributed by atoms with Crippen LogP contribution in [-0.2, 0) is 11.2 Å². The average molecular weight is 257 g/mol. The van der Waals surface area contributed by atoms with Crippen LogP contribution in [0.15, 0.2) is 42.5 Å². The first-order chi connectivity index (χ1) is 8.96. The van der Waals surface area contributed by atoms with Gasteiger partial charge in [0.1, 0.15) is 0 Å². The number of carbonyl (C=O) groups excluding carboxylic acids is 1. The van der Waals surface area contributed by atoms with E-state index in [0.717, 1.165) is 16.3 Å². The fourth-order valence-electron chi connectivity index (χ4n) is 2.00. The molecule has 0 aliphatic heterocycles. The zero-order valence-electron chi connectivity index (χ0n) is 11.3. The van der Waals surface area contributed by atoms with Crippen LogP contribution in [0.3, 0.4) is 0 Å². The fraction of sp³-hybridized carbons (Fsp3) is 0.312. The number of amides is 1. The second-order valence-electron chi connectivity index (χ2n) is 5.40. The lowest BCUT2D eigenvalue weighted by atomic mass is 10.0. The predicted molar refractivity (Wildman–Crippen MR) is 77.0 cm³/mol. The van der Waals surface area contributed by atoms with E-state index in [0.29, 0.717) is 6.42 Å². The maximum atomic E-state index is 11.9. The van der Waals surface area contributed by atoms with Gasteiger partial charge in [0.2, 0.25) is 5.91 Å². The predicted octanol–water partition coefficient (Wildman–Crippen LogP) is 2.27. The Labute approximate surface area is 113 Å². The lowest BCUT2D eigenvalue weighted by Gasteiger charge is -2.17. The number of rotatable bonds is 4. The summed E-state index contributed by atoms with van der Waals surface area (Å²) in [4.78, 5) is 11.9. The molecule has 2 rings (SSSR count). The molecule has 0 saturated carbocycles. The summed E-state index contributed by atoms with van der Waals surface area (Å²) in [5, 5.41) is 14.6. The van der Waals surface area contributed by atoms with Crippen LogP contribution in [0.25, 0.3) is 10.8 Å². The molecule has 19 heavy (non-hydrogen) atoms. The van der Waals surface area contributed by atoms with Gasteiger partial charge in [0.15, 0.2) is 0 Å². The highest BCUT2D eigenvalue weighted by Crippen LogP contribution is 2.18. The highest BCUT2D eigenvalue weighted by Gasteiger charge is 2.14. The molecule has 2 aromatic rings. The first kappa shape index (κ1) is 13.6. The van der Waals surface area contributed by atoms with Crippen molar-refractivity contribution in [3.8, 4) is 0 Å². The molecule has 0 aliphatic rings. The summed E-state index contributed by atoms with van der Waals surface area (Å²) in [6, 6.07) is 14.0. The SMILES string of the molecule is CC(C)(O)CNC(=O)Cc1cccc2ccccc12. The largest absolute Gasteiger partial charge is 0.389 e. The Morgan fingerprint density at radius 1 is 1.16 bits per heavy atom. The summed E-state index contributed by atoms with van der Waals surface area (Å²) < 4.78 is 0. The molecule has 0 atom stereocenters. The zero-order valence-corrected chi connectivity index (χ0v) is 11.3. The molecule has 0 saturated heterocycles. The Bertz CT molecular complexity index is 579. The Morgan fingerprint density at radius 2 is 1.84 bits per heavy atom. The van der Waals surface area contributed by atoms with E-state index in [2.05, 4.69) is 5.32 Å². The number of hydrogen-bond acceptors (Lipinski definition) is 2. The van der Waals surface area contributed by atoms with E-state index < -0.39 is 5.60 Å². The number of nitrogens with one attached hydrogen (secondary N) is 1. The molecule has 0 fully saturated rings. The topological polar surface area (TPSA) is 49.3 Å². The second-order valence-corrected chi connectivity index (χ2v) is 5.40. The summed E-state index contributed by atoms with van der Waals surface area (Å²) in [5.41, 5.74) is 0.125. The summed E-state index contributed by atoms with van der Waals surface area (Å²) in [7, 11) is 0. The third-order valence-corrected chi connectivity index (χ3v) is 2.95. The molecule has 0 aliphatic carbocycles. The molecule has 3 heteroatoms. The van der Waals surface area contributed by atoms with Crippen LogP contribution in [0.5, 0.6) is 0 Å². The first-order valence-electron chi connectivity index (χ1n) is 6.41. The van der Waals surface area contributed by atoms with Crippen LogP contribution in [-0.4, -0.2) is 23.2 Å². The van der Waals surface area contributed by atoms with Crippen LogP contribution in [0.4, 0.5) is 0 Å². The molecular weight excluding hydrogens is 238 g/mol. The molecule has 0 heterocycles. The van der Waals surface area contributed by atoms with E-state index in [1.54, 1.807) is 13.8 Å². The Morgan fingerprint density at radius 3 is 2.58 bits per heavy atom. The van der Waals surface area contributed by atoms with Crippen LogP contribution >= 0.6 is 0 Å². The van der Waals surface area contributed by atoms with Crippen molar-refractivity contribution in [3.63, 3.8) is 0 Å². The van der Waals surface area contributed by atoms with E-state index in [9.17, 15) is 9.90 Å². The van der Waals surface area contributed by atoms with Crippen molar-refractivity contribution in [3.05, 3.63) is 48.0 Å². The van der Waals surface area contributed by atoms with Crippen molar-refractivity contribution in [1.82, 2.24) is 5.32 Å². The van der Waals surface area contributed by atoms with Gasteiger partial charge in [-0.15, -0.1) is 0 Å². The van der Waals surface area contributed by atoms with E-state index >= 15 is 0 Å². The number of carbonyl (C=O) groups is 1. The summed E-state index contributed by atoms with van der Waals surface area (Å²) in [6.07, 6.45) is 0.331. The molecular formula is C16H19NO2. The lowest BCUT2D eigenvalue weighted by Crippen LogP contribution is -2.38. The minimum absolute atomic E-state index is 0.0709.